The number of hydrogen-bond donors (Lipinski definition) is 0. The summed E-state index contributed by atoms with van der Waals surface area (Å²) in [6.45, 7) is 0. The van der Waals surface area contributed by atoms with Gasteiger partial charge in [-0.15, -0.1) is 5.10 Å². The van der Waals surface area contributed by atoms with E-state index in [9.17, 15) is 4.79 Å². The first-order chi connectivity index (χ1) is 6.27. The number of aromatic nitrogens is 3. The minimum absolute atomic E-state index is 0.178. The Morgan fingerprint density at radius 1 is 1.69 bits per heavy atom. The Morgan fingerprint density at radius 2 is 2.46 bits per heavy atom. The van der Waals surface area contributed by atoms with Gasteiger partial charge >= 0.3 is 0 Å². The highest BCUT2D eigenvalue weighted by atomic mass is 16.1. The highest BCUT2D eigenvalue weighted by Gasteiger charge is 2.22. The van der Waals surface area contributed by atoms with Crippen LogP contribution < -0.4 is 0 Å². The van der Waals surface area contributed by atoms with Crippen LogP contribution in [-0.2, 0) is 7.05 Å². The average Bonchev–Trinajstić information content (AvgIpc) is 2.43. The second-order valence-electron chi connectivity index (χ2n) is 3.67. The fraction of sp³-hybridized carbons (Fsp3) is 0.667. The summed E-state index contributed by atoms with van der Waals surface area (Å²) in [5.74, 6) is 0.791. The summed E-state index contributed by atoms with van der Waals surface area (Å²) in [7, 11) is 1.75. The van der Waals surface area contributed by atoms with Crippen LogP contribution in [0.3, 0.4) is 0 Å². The number of Topliss-reactive ketones (excluding diaryl/α,β-unsaturated/α-hetero) is 1. The Balaban J connectivity index is 2.00. The van der Waals surface area contributed by atoms with E-state index in [0.717, 1.165) is 0 Å². The first-order valence-electron chi connectivity index (χ1n) is 4.65. The van der Waals surface area contributed by atoms with Gasteiger partial charge < -0.3 is 0 Å². The fourth-order valence-corrected chi connectivity index (χ4v) is 1.61. The maximum atomic E-state index is 11.6. The van der Waals surface area contributed by atoms with Crippen molar-refractivity contribution in [1.82, 2.24) is 15.0 Å². The fourth-order valence-electron chi connectivity index (χ4n) is 1.61. The summed E-state index contributed by atoms with van der Waals surface area (Å²) >= 11 is 0. The van der Waals surface area contributed by atoms with E-state index >= 15 is 0 Å². The van der Waals surface area contributed by atoms with E-state index in [-0.39, 0.29) is 5.78 Å². The molecule has 0 saturated heterocycles. The van der Waals surface area contributed by atoms with Gasteiger partial charge in [-0.25, -0.2) is 4.68 Å². The van der Waals surface area contributed by atoms with Gasteiger partial charge in [-0.2, -0.15) is 0 Å². The summed E-state index contributed by atoms with van der Waals surface area (Å²) in [5.41, 5.74) is 0.631. The Kier molecular flexibility index (Phi) is 2.12. The molecule has 0 amide bonds. The maximum absolute atomic E-state index is 11.6. The van der Waals surface area contributed by atoms with Gasteiger partial charge in [-0.3, -0.25) is 4.79 Å². The van der Waals surface area contributed by atoms with Gasteiger partial charge in [-0.05, 0) is 5.92 Å². The molecule has 4 nitrogen and oxygen atoms in total. The van der Waals surface area contributed by atoms with Crippen molar-refractivity contribution in [3.05, 3.63) is 11.9 Å². The molecule has 0 bridgehead atoms. The van der Waals surface area contributed by atoms with Crippen LogP contribution in [-0.4, -0.2) is 20.8 Å². The van der Waals surface area contributed by atoms with Gasteiger partial charge in [0.2, 0.25) is 0 Å². The molecule has 0 N–H and O–H groups in total. The number of rotatable bonds is 3. The van der Waals surface area contributed by atoms with Gasteiger partial charge in [0.1, 0.15) is 5.69 Å². The summed E-state index contributed by atoms with van der Waals surface area (Å²) < 4.78 is 1.54. The molecule has 0 radical (unpaired) electrons. The van der Waals surface area contributed by atoms with Crippen LogP contribution in [0.4, 0.5) is 0 Å². The zero-order valence-corrected chi connectivity index (χ0v) is 7.73. The quantitative estimate of drug-likeness (QED) is 0.655. The Labute approximate surface area is 76.9 Å². The van der Waals surface area contributed by atoms with Crippen LogP contribution in [0, 0.1) is 5.92 Å². The molecule has 0 unspecified atom stereocenters. The molecule has 4 heteroatoms. The number of nitrogens with zero attached hydrogens (tertiary/aromatic N) is 3. The predicted octanol–water partition coefficient (Wildman–Crippen LogP) is 1.19. The molecule has 0 aliphatic heterocycles. The molecule has 1 aliphatic carbocycles. The Hall–Kier alpha value is -1.19. The molecule has 1 fully saturated rings. The van der Waals surface area contributed by atoms with Crippen molar-refractivity contribution in [1.29, 1.82) is 0 Å². The van der Waals surface area contributed by atoms with Crippen LogP contribution in [0.15, 0.2) is 6.20 Å². The summed E-state index contributed by atoms with van der Waals surface area (Å²) in [5, 5.41) is 7.42. The Morgan fingerprint density at radius 3 is 2.92 bits per heavy atom. The molecule has 1 aliphatic rings. The monoisotopic (exact) mass is 179 g/mol. The van der Waals surface area contributed by atoms with E-state index in [4.69, 9.17) is 0 Å². The molecular formula is C9H13N3O. The molecule has 1 aromatic heterocycles. The Bertz CT molecular complexity index is 314. The van der Waals surface area contributed by atoms with Crippen LogP contribution in [0.1, 0.15) is 36.2 Å². The normalized spacial score (nSPS) is 17.0. The number of ketones is 1. The van der Waals surface area contributed by atoms with Gasteiger partial charge in [-0.1, -0.05) is 24.5 Å². The van der Waals surface area contributed by atoms with Gasteiger partial charge in [0.25, 0.3) is 0 Å². The minimum Gasteiger partial charge on any atom is -0.292 e. The number of aryl methyl sites for hydroxylation is 1. The molecular weight excluding hydrogens is 166 g/mol. The zero-order chi connectivity index (χ0) is 9.26. The third-order valence-electron chi connectivity index (χ3n) is 2.70. The molecule has 70 valence electrons. The van der Waals surface area contributed by atoms with Crippen LogP contribution in [0.25, 0.3) is 0 Å². The lowest BCUT2D eigenvalue weighted by molar-refractivity contribution is 0.0927. The van der Waals surface area contributed by atoms with E-state index in [1.807, 2.05) is 0 Å². The molecule has 0 atom stereocenters. The minimum atomic E-state index is 0.178. The summed E-state index contributed by atoms with van der Waals surface area (Å²) in [6.07, 6.45) is 5.90. The first kappa shape index (κ1) is 8.41. The van der Waals surface area contributed by atoms with E-state index < -0.39 is 0 Å². The third kappa shape index (κ3) is 1.61. The zero-order valence-electron chi connectivity index (χ0n) is 7.73. The third-order valence-corrected chi connectivity index (χ3v) is 2.70. The second kappa shape index (κ2) is 3.28. The SMILES string of the molecule is Cn1nncc1C(=O)CC1CCC1. The van der Waals surface area contributed by atoms with Crippen LogP contribution >= 0.6 is 0 Å². The van der Waals surface area contributed by atoms with E-state index in [0.29, 0.717) is 18.0 Å². The number of carbonyl (C=O) groups is 1. The number of carbonyl (C=O) groups excluding carboxylic acids is 1. The largest absolute Gasteiger partial charge is 0.292 e. The molecule has 1 heterocycles. The van der Waals surface area contributed by atoms with E-state index in [2.05, 4.69) is 10.3 Å². The van der Waals surface area contributed by atoms with Crippen molar-refractivity contribution in [2.45, 2.75) is 25.7 Å². The summed E-state index contributed by atoms with van der Waals surface area (Å²) in [6, 6.07) is 0. The standard InChI is InChI=1S/C9H13N3O/c1-12-8(6-10-11-12)9(13)5-7-3-2-4-7/h6-7H,2-5H2,1H3. The van der Waals surface area contributed by atoms with Crippen molar-refractivity contribution >= 4 is 5.78 Å². The number of hydrogen-bond acceptors (Lipinski definition) is 3. The van der Waals surface area contributed by atoms with Crippen molar-refractivity contribution in [2.75, 3.05) is 0 Å². The van der Waals surface area contributed by atoms with Gasteiger partial charge in [0.05, 0.1) is 6.20 Å². The smallest absolute Gasteiger partial charge is 0.182 e. The molecule has 0 aromatic carbocycles. The first-order valence-corrected chi connectivity index (χ1v) is 4.65. The topological polar surface area (TPSA) is 47.8 Å². The lowest BCUT2D eigenvalue weighted by atomic mass is 9.81. The molecule has 0 spiro atoms. The van der Waals surface area contributed by atoms with Crippen molar-refractivity contribution in [3.63, 3.8) is 0 Å². The van der Waals surface area contributed by atoms with Crippen molar-refractivity contribution in [3.8, 4) is 0 Å². The maximum Gasteiger partial charge on any atom is 0.182 e. The van der Waals surface area contributed by atoms with Crippen molar-refractivity contribution < 1.29 is 4.79 Å². The molecule has 13 heavy (non-hydrogen) atoms. The average molecular weight is 179 g/mol. The van der Waals surface area contributed by atoms with E-state index in [1.165, 1.54) is 19.3 Å². The lowest BCUT2D eigenvalue weighted by Crippen LogP contribution is -2.17. The summed E-state index contributed by atoms with van der Waals surface area (Å²) in [4.78, 5) is 11.6. The molecule has 2 rings (SSSR count). The van der Waals surface area contributed by atoms with Crippen LogP contribution in [0.5, 0.6) is 0 Å². The highest BCUT2D eigenvalue weighted by molar-refractivity contribution is 5.94. The van der Waals surface area contributed by atoms with Gasteiger partial charge in [0, 0.05) is 13.5 Å². The molecule has 1 saturated carbocycles. The predicted molar refractivity (Wildman–Crippen MR) is 47.3 cm³/mol. The van der Waals surface area contributed by atoms with E-state index in [1.54, 1.807) is 17.9 Å². The molecule has 1 aromatic rings. The highest BCUT2D eigenvalue weighted by Crippen LogP contribution is 2.30. The van der Waals surface area contributed by atoms with Crippen LogP contribution in [0.2, 0.25) is 0 Å². The second-order valence-corrected chi connectivity index (χ2v) is 3.67. The van der Waals surface area contributed by atoms with Gasteiger partial charge in [0.15, 0.2) is 5.78 Å². The van der Waals surface area contributed by atoms with Crippen molar-refractivity contribution in [2.24, 2.45) is 13.0 Å². The lowest BCUT2D eigenvalue weighted by Gasteiger charge is -2.24.